The first-order chi connectivity index (χ1) is 11.8. The molecule has 2 unspecified atom stereocenters. The molecule has 1 fully saturated rings. The van der Waals surface area contributed by atoms with Crippen molar-refractivity contribution in [2.75, 3.05) is 19.7 Å². The van der Waals surface area contributed by atoms with Crippen LogP contribution in [0, 0.1) is 0 Å². The molecule has 3 aromatic heterocycles. The van der Waals surface area contributed by atoms with Crippen LogP contribution in [0.5, 0.6) is 0 Å². The highest BCUT2D eigenvalue weighted by molar-refractivity contribution is 7.13. The smallest absolute Gasteiger partial charge is 0.257 e. The molecule has 0 aromatic carbocycles. The monoisotopic (exact) mass is 346 g/mol. The maximum Gasteiger partial charge on any atom is 0.257 e. The van der Waals surface area contributed by atoms with Gasteiger partial charge in [-0.05, 0) is 18.4 Å². The van der Waals surface area contributed by atoms with Gasteiger partial charge in [0.2, 0.25) is 5.89 Å². The molecule has 2 atom stereocenters. The Kier molecular flexibility index (Phi) is 4.37. The van der Waals surface area contributed by atoms with Crippen LogP contribution in [0.4, 0.5) is 0 Å². The van der Waals surface area contributed by atoms with Crippen molar-refractivity contribution in [3.05, 3.63) is 36.1 Å². The Balaban J connectivity index is 1.43. The second kappa shape index (κ2) is 6.80. The zero-order chi connectivity index (χ0) is 16.4. The molecular formula is C15H18N6O2S. The number of aromatic nitrogens is 5. The minimum Gasteiger partial charge on any atom is -0.418 e. The summed E-state index contributed by atoms with van der Waals surface area (Å²) in [5.74, 6) is 1.22. The first kappa shape index (κ1) is 15.4. The molecule has 0 bridgehead atoms. The van der Waals surface area contributed by atoms with E-state index in [1.807, 2.05) is 17.5 Å². The van der Waals surface area contributed by atoms with Crippen molar-refractivity contribution < 1.29 is 9.15 Å². The molecule has 126 valence electrons. The Morgan fingerprint density at radius 1 is 1.42 bits per heavy atom. The Morgan fingerprint density at radius 2 is 2.38 bits per heavy atom. The Labute approximate surface area is 143 Å². The first-order valence-electron chi connectivity index (χ1n) is 7.85. The second-order valence-electron chi connectivity index (χ2n) is 5.70. The van der Waals surface area contributed by atoms with E-state index in [1.54, 1.807) is 22.3 Å². The van der Waals surface area contributed by atoms with Crippen molar-refractivity contribution in [1.82, 2.24) is 29.9 Å². The molecule has 24 heavy (non-hydrogen) atoms. The first-order valence-corrected chi connectivity index (χ1v) is 8.73. The number of hydrogen-bond donors (Lipinski definition) is 0. The highest BCUT2D eigenvalue weighted by Gasteiger charge is 2.28. The number of nitrogens with zero attached hydrogens (tertiary/aromatic N) is 6. The number of ether oxygens (including phenoxy) is 1. The Bertz CT molecular complexity index is 757. The summed E-state index contributed by atoms with van der Waals surface area (Å²) in [4.78, 5) is 7.26. The largest absolute Gasteiger partial charge is 0.418 e. The lowest BCUT2D eigenvalue weighted by atomic mass is 10.2. The van der Waals surface area contributed by atoms with E-state index in [0.29, 0.717) is 24.9 Å². The summed E-state index contributed by atoms with van der Waals surface area (Å²) >= 11 is 1.59. The highest BCUT2D eigenvalue weighted by atomic mass is 32.1. The topological polar surface area (TPSA) is 82.1 Å². The van der Waals surface area contributed by atoms with Gasteiger partial charge in [-0.2, -0.15) is 5.10 Å². The standard InChI is InChI=1S/C15H18N6O2S/c1-11(14-18-19-15(23-14)13-3-2-6-24-13)20-4-5-22-12(7-20)8-21-10-16-9-17-21/h2-3,6,9-12H,4-5,7-8H2,1H3. The maximum atomic E-state index is 5.86. The molecule has 4 rings (SSSR count). The average molecular weight is 346 g/mol. The van der Waals surface area contributed by atoms with Crippen LogP contribution in [0.2, 0.25) is 0 Å². The van der Waals surface area contributed by atoms with E-state index in [-0.39, 0.29) is 12.1 Å². The highest BCUT2D eigenvalue weighted by Crippen LogP contribution is 2.27. The van der Waals surface area contributed by atoms with Crippen LogP contribution in [-0.2, 0) is 11.3 Å². The number of morpholine rings is 1. The maximum absolute atomic E-state index is 5.86. The van der Waals surface area contributed by atoms with Crippen molar-refractivity contribution in [1.29, 1.82) is 0 Å². The van der Waals surface area contributed by atoms with Gasteiger partial charge in [-0.1, -0.05) is 6.07 Å². The van der Waals surface area contributed by atoms with Crippen molar-refractivity contribution >= 4 is 11.3 Å². The van der Waals surface area contributed by atoms with Crippen molar-refractivity contribution in [2.24, 2.45) is 0 Å². The third-order valence-electron chi connectivity index (χ3n) is 4.11. The van der Waals surface area contributed by atoms with Gasteiger partial charge in [-0.25, -0.2) is 4.98 Å². The van der Waals surface area contributed by atoms with Crippen LogP contribution in [0.25, 0.3) is 10.8 Å². The van der Waals surface area contributed by atoms with E-state index in [4.69, 9.17) is 9.15 Å². The van der Waals surface area contributed by atoms with E-state index in [2.05, 4.69) is 32.1 Å². The molecule has 0 N–H and O–H groups in total. The lowest BCUT2D eigenvalue weighted by Gasteiger charge is -2.35. The van der Waals surface area contributed by atoms with E-state index in [1.165, 1.54) is 6.33 Å². The fourth-order valence-electron chi connectivity index (χ4n) is 2.80. The zero-order valence-electron chi connectivity index (χ0n) is 13.3. The fraction of sp³-hybridized carbons (Fsp3) is 0.467. The van der Waals surface area contributed by atoms with Crippen LogP contribution >= 0.6 is 11.3 Å². The number of hydrogen-bond acceptors (Lipinski definition) is 8. The quantitative estimate of drug-likeness (QED) is 0.697. The van der Waals surface area contributed by atoms with E-state index < -0.39 is 0 Å². The predicted octanol–water partition coefficient (Wildman–Crippen LogP) is 1.85. The minimum atomic E-state index is 0.0494. The van der Waals surface area contributed by atoms with Gasteiger partial charge < -0.3 is 9.15 Å². The molecule has 1 aliphatic rings. The molecule has 0 radical (unpaired) electrons. The van der Waals surface area contributed by atoms with E-state index in [0.717, 1.165) is 18.0 Å². The summed E-state index contributed by atoms with van der Waals surface area (Å²) in [6.07, 6.45) is 3.31. The summed E-state index contributed by atoms with van der Waals surface area (Å²) in [6.45, 7) is 5.08. The van der Waals surface area contributed by atoms with Crippen molar-refractivity contribution in [3.63, 3.8) is 0 Å². The van der Waals surface area contributed by atoms with E-state index in [9.17, 15) is 0 Å². The van der Waals surface area contributed by atoms with Crippen LogP contribution in [0.15, 0.2) is 34.6 Å². The SMILES string of the molecule is CC(c1nnc(-c2cccs2)o1)N1CCOC(Cn2cncn2)C1. The molecule has 1 saturated heterocycles. The fourth-order valence-corrected chi connectivity index (χ4v) is 3.44. The van der Waals surface area contributed by atoms with Gasteiger partial charge in [0.05, 0.1) is 30.2 Å². The predicted molar refractivity (Wildman–Crippen MR) is 87.4 cm³/mol. The second-order valence-corrected chi connectivity index (χ2v) is 6.65. The summed E-state index contributed by atoms with van der Waals surface area (Å²) in [7, 11) is 0. The van der Waals surface area contributed by atoms with Crippen LogP contribution in [0.1, 0.15) is 18.9 Å². The summed E-state index contributed by atoms with van der Waals surface area (Å²) < 4.78 is 13.5. The molecule has 0 spiro atoms. The molecule has 3 aromatic rings. The molecule has 9 heteroatoms. The van der Waals surface area contributed by atoms with Gasteiger partial charge in [-0.3, -0.25) is 9.58 Å². The Morgan fingerprint density at radius 3 is 3.17 bits per heavy atom. The van der Waals surface area contributed by atoms with Gasteiger partial charge in [0.25, 0.3) is 5.89 Å². The molecule has 1 aliphatic heterocycles. The lowest BCUT2D eigenvalue weighted by molar-refractivity contribution is -0.0526. The van der Waals surface area contributed by atoms with Crippen LogP contribution in [-0.4, -0.2) is 55.7 Å². The summed E-state index contributed by atoms with van der Waals surface area (Å²) in [6, 6.07) is 4.01. The van der Waals surface area contributed by atoms with Crippen molar-refractivity contribution in [3.8, 4) is 10.8 Å². The third-order valence-corrected chi connectivity index (χ3v) is 4.96. The Hall–Kier alpha value is -2.10. The normalized spacial score (nSPS) is 20.3. The lowest BCUT2D eigenvalue weighted by Crippen LogP contribution is -2.45. The number of thiophene rings is 1. The number of rotatable bonds is 5. The molecule has 0 saturated carbocycles. The van der Waals surface area contributed by atoms with Gasteiger partial charge in [0, 0.05) is 13.1 Å². The molecule has 4 heterocycles. The van der Waals surface area contributed by atoms with Gasteiger partial charge >= 0.3 is 0 Å². The third kappa shape index (κ3) is 3.23. The zero-order valence-corrected chi connectivity index (χ0v) is 14.1. The molecule has 0 amide bonds. The van der Waals surface area contributed by atoms with Crippen LogP contribution in [0.3, 0.4) is 0 Å². The summed E-state index contributed by atoms with van der Waals surface area (Å²) in [5.41, 5.74) is 0. The van der Waals surface area contributed by atoms with Crippen LogP contribution < -0.4 is 0 Å². The van der Waals surface area contributed by atoms with Gasteiger partial charge in [0.1, 0.15) is 12.7 Å². The molecule has 8 nitrogen and oxygen atoms in total. The van der Waals surface area contributed by atoms with E-state index >= 15 is 0 Å². The molecular weight excluding hydrogens is 328 g/mol. The average Bonchev–Trinajstić information content (AvgIpc) is 3.35. The van der Waals surface area contributed by atoms with Gasteiger partial charge in [-0.15, -0.1) is 21.5 Å². The molecule has 0 aliphatic carbocycles. The van der Waals surface area contributed by atoms with Gasteiger partial charge in [0.15, 0.2) is 0 Å². The summed E-state index contributed by atoms with van der Waals surface area (Å²) in [5, 5.41) is 14.5. The van der Waals surface area contributed by atoms with Crippen molar-refractivity contribution in [2.45, 2.75) is 25.6 Å². The minimum absolute atomic E-state index is 0.0494.